The third kappa shape index (κ3) is 5.44. The van der Waals surface area contributed by atoms with Gasteiger partial charge in [0.25, 0.3) is 5.91 Å². The summed E-state index contributed by atoms with van der Waals surface area (Å²) in [5.41, 5.74) is 2.46. The Labute approximate surface area is 150 Å². The second-order valence-corrected chi connectivity index (χ2v) is 9.08. The predicted molar refractivity (Wildman–Crippen MR) is 88.5 cm³/mol. The second-order valence-electron chi connectivity index (χ2n) is 6.85. The number of alkyl halides is 3. The van der Waals surface area contributed by atoms with Crippen molar-refractivity contribution in [3.8, 4) is 0 Å². The molecule has 1 aliphatic rings. The third-order valence-corrected chi connectivity index (χ3v) is 6.21. The first kappa shape index (κ1) is 20.7. The van der Waals surface area contributed by atoms with Gasteiger partial charge in [-0.3, -0.25) is 9.48 Å². The average molecular weight is 397 g/mol. The van der Waals surface area contributed by atoms with E-state index in [2.05, 4.69) is 5.10 Å². The molecule has 1 aromatic rings. The number of quaternary nitrogens is 1. The number of nitrogens with zero attached hydrogens (tertiary/aromatic N) is 2. The van der Waals surface area contributed by atoms with Gasteiger partial charge in [0.2, 0.25) is 0 Å². The summed E-state index contributed by atoms with van der Waals surface area (Å²) in [5.74, 6) is -0.461. The topological polar surface area (TPSA) is 85.5 Å². The molecule has 1 unspecified atom stereocenters. The van der Waals surface area contributed by atoms with Gasteiger partial charge in [-0.1, -0.05) is 0 Å². The lowest BCUT2D eigenvalue weighted by Gasteiger charge is -2.15. The number of aryl methyl sites for hydroxylation is 1. The highest BCUT2D eigenvalue weighted by Crippen LogP contribution is 2.26. The van der Waals surface area contributed by atoms with Crippen LogP contribution in [0.2, 0.25) is 0 Å². The first-order valence-electron chi connectivity index (χ1n) is 8.27. The van der Waals surface area contributed by atoms with Gasteiger partial charge in [-0.2, -0.15) is 18.3 Å². The Hall–Kier alpha value is -1.62. The summed E-state index contributed by atoms with van der Waals surface area (Å²) in [7, 11) is -1.32. The summed E-state index contributed by atoms with van der Waals surface area (Å²) in [6.45, 7) is 2.62. The minimum atomic E-state index is -4.43. The smallest absolute Gasteiger partial charge is 0.342 e. The van der Waals surface area contributed by atoms with E-state index in [0.717, 1.165) is 21.9 Å². The molecule has 2 N–H and O–H groups in total. The molecule has 2 atom stereocenters. The van der Waals surface area contributed by atoms with Crippen LogP contribution in [0.5, 0.6) is 0 Å². The minimum absolute atomic E-state index is 0.0664. The zero-order valence-corrected chi connectivity index (χ0v) is 15.8. The van der Waals surface area contributed by atoms with E-state index < -0.39 is 28.5 Å². The summed E-state index contributed by atoms with van der Waals surface area (Å²) in [5, 5.41) is 6.30. The molecule has 148 valence electrons. The van der Waals surface area contributed by atoms with E-state index in [0.29, 0.717) is 13.0 Å². The zero-order chi connectivity index (χ0) is 19.7. The molecule has 0 aliphatic carbocycles. The van der Waals surface area contributed by atoms with Crippen molar-refractivity contribution in [2.75, 3.05) is 31.6 Å². The molecule has 0 aromatic carbocycles. The highest BCUT2D eigenvalue weighted by atomic mass is 32.2. The number of halogens is 3. The first-order chi connectivity index (χ1) is 11.9. The molecule has 1 fully saturated rings. The first-order valence-corrected chi connectivity index (χ1v) is 10.1. The van der Waals surface area contributed by atoms with Crippen LogP contribution in [0.1, 0.15) is 29.4 Å². The number of carbonyl (C=O) groups is 1. The molecule has 0 spiro atoms. The van der Waals surface area contributed by atoms with Crippen molar-refractivity contribution < 1.29 is 31.3 Å². The van der Waals surface area contributed by atoms with Gasteiger partial charge in [0, 0.05) is 5.69 Å². The van der Waals surface area contributed by atoms with Crippen LogP contribution in [0, 0.1) is 13.8 Å². The van der Waals surface area contributed by atoms with E-state index in [1.807, 2.05) is 12.2 Å². The van der Waals surface area contributed by atoms with Crippen LogP contribution in [0.3, 0.4) is 0 Å². The van der Waals surface area contributed by atoms with Crippen molar-refractivity contribution in [1.29, 1.82) is 0 Å². The molecular formula is C15H24F3N4O3S+. The van der Waals surface area contributed by atoms with E-state index >= 15 is 0 Å². The van der Waals surface area contributed by atoms with Crippen LogP contribution in [-0.2, 0) is 21.2 Å². The minimum Gasteiger partial charge on any atom is -0.342 e. The average Bonchev–Trinajstić information content (AvgIpc) is 2.98. The Balaban J connectivity index is 2.00. The van der Waals surface area contributed by atoms with Gasteiger partial charge >= 0.3 is 6.18 Å². The van der Waals surface area contributed by atoms with Crippen LogP contribution < -0.4 is 10.2 Å². The summed E-state index contributed by atoms with van der Waals surface area (Å²) < 4.78 is 61.5. The Morgan fingerprint density at radius 1 is 1.38 bits per heavy atom. The van der Waals surface area contributed by atoms with Gasteiger partial charge < -0.3 is 10.2 Å². The van der Waals surface area contributed by atoms with Crippen LogP contribution in [0.15, 0.2) is 0 Å². The summed E-state index contributed by atoms with van der Waals surface area (Å²) in [4.78, 5) is 12.3. The molecule has 0 saturated carbocycles. The van der Waals surface area contributed by atoms with E-state index in [9.17, 15) is 26.4 Å². The van der Waals surface area contributed by atoms with Crippen LogP contribution in [0.4, 0.5) is 13.2 Å². The van der Waals surface area contributed by atoms with Crippen molar-refractivity contribution >= 4 is 15.7 Å². The fourth-order valence-corrected chi connectivity index (χ4v) is 4.87. The molecule has 0 bridgehead atoms. The standard InChI is InChI=1S/C15H23F3N4O3S/c1-10-13(6-21(3)7-14(23)19-9-15(16,17)18)11(2)22(20-10)12-4-5-26(24,25)8-12/h12H,4-9H2,1-3H3,(H,19,23)/p+1/t12-/m1/s1. The van der Waals surface area contributed by atoms with Crippen molar-refractivity contribution in [1.82, 2.24) is 15.1 Å². The number of sulfone groups is 1. The molecule has 1 amide bonds. The van der Waals surface area contributed by atoms with E-state index in [-0.39, 0.29) is 24.1 Å². The number of rotatable bonds is 6. The Morgan fingerprint density at radius 2 is 2.04 bits per heavy atom. The molecule has 7 nitrogen and oxygen atoms in total. The van der Waals surface area contributed by atoms with Crippen LogP contribution >= 0.6 is 0 Å². The van der Waals surface area contributed by atoms with Crippen molar-refractivity contribution in [2.24, 2.45) is 0 Å². The van der Waals surface area contributed by atoms with Crippen LogP contribution in [0.25, 0.3) is 0 Å². The largest absolute Gasteiger partial charge is 0.405 e. The molecule has 11 heteroatoms. The molecule has 26 heavy (non-hydrogen) atoms. The molecule has 1 saturated heterocycles. The second kappa shape index (κ2) is 7.55. The number of hydrogen-bond acceptors (Lipinski definition) is 4. The van der Waals surface area contributed by atoms with Gasteiger partial charge in [0.05, 0.1) is 35.9 Å². The number of hydrogen-bond donors (Lipinski definition) is 2. The highest BCUT2D eigenvalue weighted by molar-refractivity contribution is 7.91. The normalized spacial score (nSPS) is 20.9. The van der Waals surface area contributed by atoms with E-state index in [4.69, 9.17) is 0 Å². The van der Waals surface area contributed by atoms with Crippen molar-refractivity contribution in [3.05, 3.63) is 17.0 Å². The fourth-order valence-electron chi connectivity index (χ4n) is 3.18. The third-order valence-electron chi connectivity index (χ3n) is 4.46. The lowest BCUT2D eigenvalue weighted by atomic mass is 10.1. The highest BCUT2D eigenvalue weighted by Gasteiger charge is 2.32. The summed E-state index contributed by atoms with van der Waals surface area (Å²) in [6, 6.07) is -0.192. The number of nitrogens with one attached hydrogen (secondary N) is 2. The van der Waals surface area contributed by atoms with Crippen LogP contribution in [-0.4, -0.2) is 61.9 Å². The van der Waals surface area contributed by atoms with Gasteiger partial charge in [-0.25, -0.2) is 8.42 Å². The molecule has 1 aliphatic heterocycles. The Kier molecular flexibility index (Phi) is 6.01. The van der Waals surface area contributed by atoms with E-state index in [1.165, 1.54) is 0 Å². The maximum atomic E-state index is 12.1. The van der Waals surface area contributed by atoms with Gasteiger partial charge in [-0.05, 0) is 20.3 Å². The molecule has 1 aromatic heterocycles. The Bertz CT molecular complexity index is 774. The molecule has 0 radical (unpaired) electrons. The number of likely N-dealkylation sites (N-methyl/N-ethyl adjacent to an activating group) is 1. The fraction of sp³-hybridized carbons (Fsp3) is 0.733. The predicted octanol–water partition coefficient (Wildman–Crippen LogP) is -0.447. The summed E-state index contributed by atoms with van der Waals surface area (Å²) in [6.07, 6.45) is -3.91. The number of amides is 1. The Morgan fingerprint density at radius 3 is 2.58 bits per heavy atom. The lowest BCUT2D eigenvalue weighted by Crippen LogP contribution is -3.09. The quantitative estimate of drug-likeness (QED) is 0.681. The number of carbonyl (C=O) groups excluding carboxylic acids is 1. The SMILES string of the molecule is Cc1nn([C@@H]2CCS(=O)(=O)C2)c(C)c1C[NH+](C)CC(=O)NCC(F)(F)F. The van der Waals surface area contributed by atoms with Gasteiger partial charge in [0.1, 0.15) is 13.1 Å². The molecule has 2 heterocycles. The van der Waals surface area contributed by atoms with Crippen molar-refractivity contribution in [3.63, 3.8) is 0 Å². The zero-order valence-electron chi connectivity index (χ0n) is 15.0. The monoisotopic (exact) mass is 397 g/mol. The molecular weight excluding hydrogens is 373 g/mol. The maximum absolute atomic E-state index is 12.1. The summed E-state index contributed by atoms with van der Waals surface area (Å²) >= 11 is 0. The van der Waals surface area contributed by atoms with Gasteiger partial charge in [-0.15, -0.1) is 0 Å². The maximum Gasteiger partial charge on any atom is 0.405 e. The lowest BCUT2D eigenvalue weighted by molar-refractivity contribution is -0.885. The van der Waals surface area contributed by atoms with Gasteiger partial charge in [0.15, 0.2) is 16.4 Å². The van der Waals surface area contributed by atoms with Crippen molar-refractivity contribution in [2.45, 2.75) is 39.0 Å². The number of aromatic nitrogens is 2. The van der Waals surface area contributed by atoms with E-state index in [1.54, 1.807) is 18.7 Å². The molecule has 2 rings (SSSR count).